The fourth-order valence-corrected chi connectivity index (χ4v) is 2.58. The van der Waals surface area contributed by atoms with Gasteiger partial charge in [0, 0.05) is 45.5 Å². The van der Waals surface area contributed by atoms with Crippen molar-refractivity contribution >= 4 is 11.6 Å². The Labute approximate surface area is 159 Å². The lowest BCUT2D eigenvalue weighted by Crippen LogP contribution is -2.32. The van der Waals surface area contributed by atoms with Gasteiger partial charge in [0.05, 0.1) is 6.61 Å². The van der Waals surface area contributed by atoms with Crippen molar-refractivity contribution in [3.63, 3.8) is 0 Å². The molecule has 0 atom stereocenters. The molecular formula is C20H36N4O2. The molecule has 0 amide bonds. The predicted octanol–water partition coefficient (Wildman–Crippen LogP) is 3.21. The Balaban J connectivity index is 2.33. The van der Waals surface area contributed by atoms with E-state index in [9.17, 15) is 0 Å². The van der Waals surface area contributed by atoms with E-state index < -0.39 is 0 Å². The standard InChI is InChI=1S/C20H36N4O2/c1-5-24(6-2)14-8-7-13-22-20(21-3)23-18-11-9-12-19(17-18)26-16-10-15-25-4/h9,11-12,17H,5-8,10,13-16H2,1-4H3,(H2,21,22,23). The van der Waals surface area contributed by atoms with Gasteiger partial charge in [0.2, 0.25) is 0 Å². The van der Waals surface area contributed by atoms with Crippen LogP contribution in [-0.2, 0) is 4.74 Å². The molecule has 0 spiro atoms. The van der Waals surface area contributed by atoms with E-state index in [1.807, 2.05) is 24.3 Å². The molecule has 1 aromatic carbocycles. The lowest BCUT2D eigenvalue weighted by atomic mass is 10.3. The Hall–Kier alpha value is -1.79. The molecule has 6 nitrogen and oxygen atoms in total. The highest BCUT2D eigenvalue weighted by Crippen LogP contribution is 2.17. The van der Waals surface area contributed by atoms with Crippen molar-refractivity contribution in [1.82, 2.24) is 10.2 Å². The van der Waals surface area contributed by atoms with Crippen molar-refractivity contribution in [2.24, 2.45) is 4.99 Å². The van der Waals surface area contributed by atoms with Crippen LogP contribution in [0.5, 0.6) is 5.75 Å². The number of hydrogen-bond donors (Lipinski definition) is 2. The van der Waals surface area contributed by atoms with Crippen molar-refractivity contribution in [2.45, 2.75) is 33.1 Å². The average Bonchev–Trinajstić information content (AvgIpc) is 2.67. The van der Waals surface area contributed by atoms with E-state index >= 15 is 0 Å². The molecule has 26 heavy (non-hydrogen) atoms. The highest BCUT2D eigenvalue weighted by Gasteiger charge is 2.02. The number of nitrogens with zero attached hydrogens (tertiary/aromatic N) is 2. The smallest absolute Gasteiger partial charge is 0.195 e. The number of unbranched alkanes of at least 4 members (excludes halogenated alkanes) is 1. The van der Waals surface area contributed by atoms with Crippen LogP contribution in [0.4, 0.5) is 5.69 Å². The number of nitrogens with one attached hydrogen (secondary N) is 2. The largest absolute Gasteiger partial charge is 0.493 e. The minimum absolute atomic E-state index is 0.650. The van der Waals surface area contributed by atoms with Crippen molar-refractivity contribution < 1.29 is 9.47 Å². The minimum Gasteiger partial charge on any atom is -0.493 e. The van der Waals surface area contributed by atoms with Gasteiger partial charge in [0.25, 0.3) is 0 Å². The highest BCUT2D eigenvalue weighted by molar-refractivity contribution is 5.93. The van der Waals surface area contributed by atoms with Gasteiger partial charge in [-0.05, 0) is 44.6 Å². The first-order valence-corrected chi connectivity index (χ1v) is 9.65. The number of methoxy groups -OCH3 is 1. The molecule has 0 unspecified atom stereocenters. The summed E-state index contributed by atoms with van der Waals surface area (Å²) in [5.74, 6) is 1.63. The van der Waals surface area contributed by atoms with E-state index in [0.717, 1.165) is 56.4 Å². The third kappa shape index (κ3) is 9.63. The van der Waals surface area contributed by atoms with Crippen molar-refractivity contribution in [3.05, 3.63) is 24.3 Å². The van der Waals surface area contributed by atoms with Crippen LogP contribution in [0.2, 0.25) is 0 Å². The molecule has 0 saturated carbocycles. The first-order valence-electron chi connectivity index (χ1n) is 9.65. The summed E-state index contributed by atoms with van der Waals surface area (Å²) in [5, 5.41) is 6.69. The summed E-state index contributed by atoms with van der Waals surface area (Å²) in [4.78, 5) is 6.74. The maximum atomic E-state index is 5.74. The number of aliphatic imine (C=N–C) groups is 1. The molecule has 0 aliphatic carbocycles. The Morgan fingerprint density at radius 1 is 1.12 bits per heavy atom. The molecule has 0 saturated heterocycles. The third-order valence-corrected chi connectivity index (χ3v) is 4.17. The molecule has 0 bridgehead atoms. The van der Waals surface area contributed by atoms with Gasteiger partial charge in [-0.25, -0.2) is 0 Å². The van der Waals surface area contributed by atoms with E-state index in [2.05, 4.69) is 34.4 Å². The van der Waals surface area contributed by atoms with Gasteiger partial charge in [-0.1, -0.05) is 19.9 Å². The Kier molecular flexibility index (Phi) is 12.3. The first kappa shape index (κ1) is 22.3. The van der Waals surface area contributed by atoms with Gasteiger partial charge in [-0.15, -0.1) is 0 Å². The second kappa shape index (κ2) is 14.4. The monoisotopic (exact) mass is 364 g/mol. The SMILES string of the molecule is CCN(CC)CCCCNC(=NC)Nc1cccc(OCCCOC)c1. The van der Waals surface area contributed by atoms with Crippen LogP contribution in [0.15, 0.2) is 29.3 Å². The van der Waals surface area contributed by atoms with Gasteiger partial charge >= 0.3 is 0 Å². The average molecular weight is 365 g/mol. The van der Waals surface area contributed by atoms with Crippen molar-refractivity contribution in [2.75, 3.05) is 58.9 Å². The number of benzene rings is 1. The number of rotatable bonds is 13. The quantitative estimate of drug-likeness (QED) is 0.320. The molecule has 1 aromatic rings. The fourth-order valence-electron chi connectivity index (χ4n) is 2.58. The molecule has 0 aliphatic rings. The van der Waals surface area contributed by atoms with Crippen molar-refractivity contribution in [1.29, 1.82) is 0 Å². The van der Waals surface area contributed by atoms with Gasteiger partial charge in [-0.3, -0.25) is 4.99 Å². The second-order valence-corrected chi connectivity index (χ2v) is 6.08. The Bertz CT molecular complexity index is 504. The van der Waals surface area contributed by atoms with Crippen LogP contribution in [0.3, 0.4) is 0 Å². The van der Waals surface area contributed by atoms with Gasteiger partial charge < -0.3 is 25.0 Å². The van der Waals surface area contributed by atoms with E-state index in [4.69, 9.17) is 9.47 Å². The molecule has 148 valence electrons. The number of guanidine groups is 1. The van der Waals surface area contributed by atoms with Crippen LogP contribution in [0.1, 0.15) is 33.1 Å². The molecular weight excluding hydrogens is 328 g/mol. The zero-order valence-corrected chi connectivity index (χ0v) is 16.9. The molecule has 0 fully saturated rings. The van der Waals surface area contributed by atoms with E-state index in [-0.39, 0.29) is 0 Å². The molecule has 2 N–H and O–H groups in total. The van der Waals surface area contributed by atoms with Gasteiger partial charge in [0.1, 0.15) is 5.75 Å². The van der Waals surface area contributed by atoms with E-state index in [0.29, 0.717) is 13.2 Å². The topological polar surface area (TPSA) is 58.1 Å². The van der Waals surface area contributed by atoms with Gasteiger partial charge in [0.15, 0.2) is 5.96 Å². The maximum Gasteiger partial charge on any atom is 0.195 e. The Morgan fingerprint density at radius 3 is 2.62 bits per heavy atom. The van der Waals surface area contributed by atoms with E-state index in [1.165, 1.54) is 6.42 Å². The summed E-state index contributed by atoms with van der Waals surface area (Å²) in [5.41, 5.74) is 0.963. The zero-order chi connectivity index (χ0) is 19.0. The lowest BCUT2D eigenvalue weighted by Gasteiger charge is -2.18. The maximum absolute atomic E-state index is 5.74. The molecule has 6 heteroatoms. The van der Waals surface area contributed by atoms with Crippen LogP contribution >= 0.6 is 0 Å². The summed E-state index contributed by atoms with van der Waals surface area (Å²) in [6.45, 7) is 10.1. The minimum atomic E-state index is 0.650. The fraction of sp³-hybridized carbons (Fsp3) is 0.650. The normalized spacial score (nSPS) is 11.7. The molecule has 0 radical (unpaired) electrons. The molecule has 0 heterocycles. The Morgan fingerprint density at radius 2 is 1.92 bits per heavy atom. The molecule has 1 rings (SSSR count). The summed E-state index contributed by atoms with van der Waals surface area (Å²) < 4.78 is 10.8. The summed E-state index contributed by atoms with van der Waals surface area (Å²) in [6.07, 6.45) is 3.20. The van der Waals surface area contributed by atoms with Crippen molar-refractivity contribution in [3.8, 4) is 5.75 Å². The summed E-state index contributed by atoms with van der Waals surface area (Å²) in [6, 6.07) is 7.93. The highest BCUT2D eigenvalue weighted by atomic mass is 16.5. The van der Waals surface area contributed by atoms with Crippen LogP contribution in [-0.4, -0.2) is 64.4 Å². The number of anilines is 1. The summed E-state index contributed by atoms with van der Waals surface area (Å²) >= 11 is 0. The van der Waals surface area contributed by atoms with Crippen LogP contribution in [0.25, 0.3) is 0 Å². The second-order valence-electron chi connectivity index (χ2n) is 6.08. The van der Waals surface area contributed by atoms with Crippen LogP contribution < -0.4 is 15.4 Å². The van der Waals surface area contributed by atoms with Crippen LogP contribution in [0, 0.1) is 0 Å². The first-order chi connectivity index (χ1) is 12.7. The summed E-state index contributed by atoms with van der Waals surface area (Å²) in [7, 11) is 3.49. The zero-order valence-electron chi connectivity index (χ0n) is 16.9. The third-order valence-electron chi connectivity index (χ3n) is 4.17. The lowest BCUT2D eigenvalue weighted by molar-refractivity contribution is 0.172. The molecule has 0 aromatic heterocycles. The number of hydrogen-bond acceptors (Lipinski definition) is 4. The predicted molar refractivity (Wildman–Crippen MR) is 110 cm³/mol. The van der Waals surface area contributed by atoms with Gasteiger partial charge in [-0.2, -0.15) is 0 Å². The number of ether oxygens (including phenoxy) is 2. The van der Waals surface area contributed by atoms with E-state index in [1.54, 1.807) is 14.2 Å². The molecule has 0 aliphatic heterocycles.